The van der Waals surface area contributed by atoms with E-state index < -0.39 is 0 Å². The molecule has 3 N–H and O–H groups in total. The molecule has 2 atom stereocenters. The Bertz CT molecular complexity index is 236. The van der Waals surface area contributed by atoms with Gasteiger partial charge >= 0.3 is 0 Å². The maximum Gasteiger partial charge on any atom is 0.237 e. The van der Waals surface area contributed by atoms with Gasteiger partial charge < -0.3 is 20.6 Å². The first-order chi connectivity index (χ1) is 8.17. The Balaban J connectivity index is 2.15. The highest BCUT2D eigenvalue weighted by atomic mass is 16.3. The molecule has 0 bridgehead atoms. The van der Waals surface area contributed by atoms with Gasteiger partial charge in [-0.1, -0.05) is 13.8 Å². The Kier molecular flexibility index (Phi) is 6.47. The smallest absolute Gasteiger partial charge is 0.237 e. The van der Waals surface area contributed by atoms with E-state index in [1.54, 1.807) is 0 Å². The second-order valence-corrected chi connectivity index (χ2v) is 4.58. The molecule has 5 nitrogen and oxygen atoms in total. The van der Waals surface area contributed by atoms with Gasteiger partial charge in [-0.2, -0.15) is 0 Å². The lowest BCUT2D eigenvalue weighted by Crippen LogP contribution is -2.43. The molecule has 0 aliphatic carbocycles. The molecule has 1 aliphatic heterocycles. The Morgan fingerprint density at radius 3 is 2.76 bits per heavy atom. The molecule has 2 unspecified atom stereocenters. The number of aliphatic hydroxyl groups excluding tert-OH is 1. The zero-order valence-corrected chi connectivity index (χ0v) is 10.9. The number of hydrogen-bond acceptors (Lipinski definition) is 4. The van der Waals surface area contributed by atoms with Gasteiger partial charge in [0.15, 0.2) is 0 Å². The van der Waals surface area contributed by atoms with Crippen molar-refractivity contribution in [3.05, 3.63) is 0 Å². The number of amides is 1. The lowest BCUT2D eigenvalue weighted by atomic mass is 10.2. The predicted molar refractivity (Wildman–Crippen MR) is 67.8 cm³/mol. The Hall–Kier alpha value is -0.650. The van der Waals surface area contributed by atoms with Crippen LogP contribution in [0.4, 0.5) is 0 Å². The van der Waals surface area contributed by atoms with E-state index in [0.717, 1.165) is 26.1 Å². The summed E-state index contributed by atoms with van der Waals surface area (Å²) in [5.41, 5.74) is 0. The van der Waals surface area contributed by atoms with Crippen LogP contribution in [0.25, 0.3) is 0 Å². The number of hydrogen-bond donors (Lipinski definition) is 3. The van der Waals surface area contributed by atoms with Gasteiger partial charge in [-0.25, -0.2) is 0 Å². The average Bonchev–Trinajstić information content (AvgIpc) is 2.74. The van der Waals surface area contributed by atoms with Crippen molar-refractivity contribution >= 4 is 5.91 Å². The zero-order valence-electron chi connectivity index (χ0n) is 10.9. The van der Waals surface area contributed by atoms with Gasteiger partial charge in [-0.15, -0.1) is 0 Å². The van der Waals surface area contributed by atoms with Crippen LogP contribution >= 0.6 is 0 Å². The van der Waals surface area contributed by atoms with Crippen molar-refractivity contribution in [1.29, 1.82) is 0 Å². The van der Waals surface area contributed by atoms with E-state index in [2.05, 4.69) is 29.4 Å². The number of β-amino-alcohol motifs (C(OH)–C–C–N with tert-alkyl or cyclic N) is 1. The highest BCUT2D eigenvalue weighted by Crippen LogP contribution is 2.05. The van der Waals surface area contributed by atoms with Crippen molar-refractivity contribution in [2.75, 3.05) is 32.7 Å². The van der Waals surface area contributed by atoms with E-state index in [4.69, 9.17) is 0 Å². The molecule has 17 heavy (non-hydrogen) atoms. The summed E-state index contributed by atoms with van der Waals surface area (Å²) in [6.45, 7) is 8.48. The lowest BCUT2D eigenvalue weighted by Gasteiger charge is -2.20. The molecular formula is C12H25N3O2. The number of nitrogens with one attached hydrogen (secondary N) is 2. The van der Waals surface area contributed by atoms with Crippen LogP contribution in [-0.2, 0) is 4.79 Å². The van der Waals surface area contributed by atoms with Crippen LogP contribution in [0.1, 0.15) is 26.7 Å². The predicted octanol–water partition coefficient (Wildman–Crippen LogP) is -0.443. The summed E-state index contributed by atoms with van der Waals surface area (Å²) in [5.74, 6) is 0.00843. The molecule has 1 fully saturated rings. The molecule has 1 aliphatic rings. The summed E-state index contributed by atoms with van der Waals surface area (Å²) in [4.78, 5) is 14.0. The summed E-state index contributed by atoms with van der Waals surface area (Å²) >= 11 is 0. The van der Waals surface area contributed by atoms with Crippen molar-refractivity contribution in [1.82, 2.24) is 15.5 Å². The molecule has 0 spiro atoms. The van der Waals surface area contributed by atoms with Crippen molar-refractivity contribution < 1.29 is 9.90 Å². The number of likely N-dealkylation sites (N-methyl/N-ethyl adjacent to an activating group) is 1. The average molecular weight is 243 g/mol. The fourth-order valence-corrected chi connectivity index (χ4v) is 2.12. The molecule has 0 aromatic rings. The van der Waals surface area contributed by atoms with Gasteiger partial charge in [0, 0.05) is 19.6 Å². The normalized spacial score (nSPS) is 24.2. The molecule has 1 rings (SSSR count). The van der Waals surface area contributed by atoms with Crippen LogP contribution in [0.2, 0.25) is 0 Å². The van der Waals surface area contributed by atoms with Gasteiger partial charge in [0.1, 0.15) is 0 Å². The Morgan fingerprint density at radius 2 is 2.24 bits per heavy atom. The number of rotatable bonds is 7. The lowest BCUT2D eigenvalue weighted by molar-refractivity contribution is -0.123. The Morgan fingerprint density at radius 1 is 1.47 bits per heavy atom. The molecule has 0 aromatic carbocycles. The van der Waals surface area contributed by atoms with Crippen LogP contribution in [0.5, 0.6) is 0 Å². The first-order valence-electron chi connectivity index (χ1n) is 6.58. The molecule has 0 radical (unpaired) electrons. The number of nitrogens with zero attached hydrogens (tertiary/aromatic N) is 1. The van der Waals surface area contributed by atoms with E-state index in [-0.39, 0.29) is 18.1 Å². The quantitative estimate of drug-likeness (QED) is 0.567. The minimum absolute atomic E-state index is 0.00843. The number of carbonyl (C=O) groups is 1. The molecule has 1 saturated heterocycles. The molecule has 5 heteroatoms. The zero-order chi connectivity index (χ0) is 12.7. The largest absolute Gasteiger partial charge is 0.392 e. The van der Waals surface area contributed by atoms with Crippen LogP contribution < -0.4 is 10.6 Å². The highest BCUT2D eigenvalue weighted by Gasteiger charge is 2.27. The minimum Gasteiger partial charge on any atom is -0.392 e. The van der Waals surface area contributed by atoms with E-state index in [9.17, 15) is 9.90 Å². The molecule has 100 valence electrons. The van der Waals surface area contributed by atoms with E-state index in [0.29, 0.717) is 19.5 Å². The summed E-state index contributed by atoms with van der Waals surface area (Å²) in [6, 6.07) is -0.216. The Labute approximate surface area is 104 Å². The maximum atomic E-state index is 11.7. The molecule has 0 saturated carbocycles. The van der Waals surface area contributed by atoms with Gasteiger partial charge in [0.05, 0.1) is 12.1 Å². The summed E-state index contributed by atoms with van der Waals surface area (Å²) < 4.78 is 0. The molecule has 1 amide bonds. The first-order valence-corrected chi connectivity index (χ1v) is 6.58. The van der Waals surface area contributed by atoms with E-state index >= 15 is 0 Å². The monoisotopic (exact) mass is 243 g/mol. The second kappa shape index (κ2) is 7.63. The van der Waals surface area contributed by atoms with Crippen LogP contribution in [0.3, 0.4) is 0 Å². The van der Waals surface area contributed by atoms with Crippen molar-refractivity contribution in [2.45, 2.75) is 38.8 Å². The molecular weight excluding hydrogens is 218 g/mol. The number of aliphatic hydroxyl groups is 1. The third-order valence-electron chi connectivity index (χ3n) is 3.14. The fourth-order valence-electron chi connectivity index (χ4n) is 2.12. The van der Waals surface area contributed by atoms with E-state index in [1.807, 2.05) is 0 Å². The van der Waals surface area contributed by atoms with Gasteiger partial charge in [0.2, 0.25) is 5.91 Å². The third kappa shape index (κ3) is 5.02. The van der Waals surface area contributed by atoms with Gasteiger partial charge in [0.25, 0.3) is 0 Å². The van der Waals surface area contributed by atoms with Gasteiger partial charge in [-0.05, 0) is 25.9 Å². The van der Waals surface area contributed by atoms with Gasteiger partial charge in [-0.3, -0.25) is 4.79 Å². The first kappa shape index (κ1) is 14.4. The second-order valence-electron chi connectivity index (χ2n) is 4.58. The standard InChI is InChI=1S/C12H25N3O2/c1-3-6-15(4-2)7-5-13-12(17)11-8-10(16)9-14-11/h10-11,14,16H,3-9H2,1-2H3,(H,13,17). The fraction of sp³-hybridized carbons (Fsp3) is 0.917. The SMILES string of the molecule is CCCN(CC)CCNC(=O)C1CC(O)CN1. The summed E-state index contributed by atoms with van der Waals surface area (Å²) in [6.07, 6.45) is 1.29. The minimum atomic E-state index is -0.377. The third-order valence-corrected chi connectivity index (χ3v) is 3.14. The van der Waals surface area contributed by atoms with Crippen LogP contribution in [0.15, 0.2) is 0 Å². The highest BCUT2D eigenvalue weighted by molar-refractivity contribution is 5.82. The molecule has 1 heterocycles. The van der Waals surface area contributed by atoms with Crippen molar-refractivity contribution in [2.24, 2.45) is 0 Å². The van der Waals surface area contributed by atoms with Crippen molar-refractivity contribution in [3.8, 4) is 0 Å². The molecule has 0 aromatic heterocycles. The number of carbonyl (C=O) groups excluding carboxylic acids is 1. The van der Waals surface area contributed by atoms with E-state index in [1.165, 1.54) is 0 Å². The topological polar surface area (TPSA) is 64.6 Å². The summed E-state index contributed by atoms with van der Waals surface area (Å²) in [7, 11) is 0. The van der Waals surface area contributed by atoms with Crippen LogP contribution in [-0.4, -0.2) is 60.8 Å². The van der Waals surface area contributed by atoms with Crippen molar-refractivity contribution in [3.63, 3.8) is 0 Å². The summed E-state index contributed by atoms with van der Waals surface area (Å²) in [5, 5.41) is 15.2. The maximum absolute atomic E-state index is 11.7. The van der Waals surface area contributed by atoms with Crippen LogP contribution in [0, 0.1) is 0 Å².